The third-order valence-electron chi connectivity index (χ3n) is 5.28. The molecule has 28 heavy (non-hydrogen) atoms. The van der Waals surface area contributed by atoms with Crippen LogP contribution in [0.1, 0.15) is 24.1 Å². The maximum atomic E-state index is 13.0. The Bertz CT molecular complexity index is 1090. The zero-order valence-electron chi connectivity index (χ0n) is 15.1. The fourth-order valence-corrected chi connectivity index (χ4v) is 3.90. The molecule has 7 heteroatoms. The van der Waals surface area contributed by atoms with Crippen LogP contribution >= 0.6 is 15.9 Å². The lowest BCUT2D eigenvalue weighted by molar-refractivity contribution is -0.118. The van der Waals surface area contributed by atoms with Crippen LogP contribution in [0.4, 0.5) is 5.69 Å². The van der Waals surface area contributed by atoms with E-state index in [0.717, 1.165) is 34.1 Å². The van der Waals surface area contributed by atoms with Crippen LogP contribution in [-0.4, -0.2) is 17.9 Å². The number of halogens is 1. The minimum absolute atomic E-state index is 0.0524. The van der Waals surface area contributed by atoms with Gasteiger partial charge in [0.25, 0.3) is 0 Å². The first-order valence-corrected chi connectivity index (χ1v) is 9.79. The van der Waals surface area contributed by atoms with Gasteiger partial charge in [-0.1, -0.05) is 21.1 Å². The molecular formula is C21H17BrN2O4. The minimum atomic E-state index is -0.627. The van der Waals surface area contributed by atoms with E-state index < -0.39 is 5.41 Å². The summed E-state index contributed by atoms with van der Waals surface area (Å²) in [5.41, 5.74) is 2.67. The molecule has 0 radical (unpaired) electrons. The van der Waals surface area contributed by atoms with Gasteiger partial charge in [0.2, 0.25) is 12.7 Å². The van der Waals surface area contributed by atoms with E-state index in [-0.39, 0.29) is 12.7 Å². The number of rotatable bonds is 4. The fraction of sp³-hybridized carbons (Fsp3) is 0.238. The van der Waals surface area contributed by atoms with E-state index in [2.05, 4.69) is 26.4 Å². The van der Waals surface area contributed by atoms with Crippen molar-refractivity contribution in [3.8, 4) is 22.8 Å². The summed E-state index contributed by atoms with van der Waals surface area (Å²) in [6.45, 7) is 2.19. The van der Waals surface area contributed by atoms with Gasteiger partial charge >= 0.3 is 0 Å². The van der Waals surface area contributed by atoms with Crippen LogP contribution < -0.4 is 14.8 Å². The lowest BCUT2D eigenvalue weighted by atomic mass is 10.00. The van der Waals surface area contributed by atoms with Crippen LogP contribution in [0.3, 0.4) is 0 Å². The fourth-order valence-electron chi connectivity index (χ4n) is 3.42. The third-order valence-corrected chi connectivity index (χ3v) is 5.77. The molecule has 6 nitrogen and oxygen atoms in total. The summed E-state index contributed by atoms with van der Waals surface area (Å²) >= 11 is 3.44. The van der Waals surface area contributed by atoms with Crippen LogP contribution in [0.5, 0.6) is 11.5 Å². The summed E-state index contributed by atoms with van der Waals surface area (Å²) in [5.74, 6) is 1.95. The van der Waals surface area contributed by atoms with Gasteiger partial charge < -0.3 is 19.3 Å². The van der Waals surface area contributed by atoms with Gasteiger partial charge in [-0.3, -0.25) is 4.79 Å². The van der Waals surface area contributed by atoms with E-state index in [0.29, 0.717) is 23.0 Å². The molecule has 0 saturated heterocycles. The molecule has 0 atom stereocenters. The second-order valence-electron chi connectivity index (χ2n) is 7.14. The number of benzene rings is 2. The van der Waals surface area contributed by atoms with Gasteiger partial charge in [-0.05, 0) is 61.7 Å². The minimum Gasteiger partial charge on any atom is -0.454 e. The van der Waals surface area contributed by atoms with Crippen LogP contribution in [-0.2, 0) is 10.2 Å². The highest BCUT2D eigenvalue weighted by atomic mass is 79.9. The van der Waals surface area contributed by atoms with Crippen molar-refractivity contribution >= 4 is 27.5 Å². The predicted molar refractivity (Wildman–Crippen MR) is 106 cm³/mol. The standard InChI is InChI=1S/C21H17BrN2O4/c1-12-8-14(22)3-4-15(12)23-20(25)21(6-7-21)19-10-17(28-24-19)13-2-5-16-18(9-13)27-11-26-16/h2-5,8-10H,6-7,11H2,1H3,(H,23,25). The summed E-state index contributed by atoms with van der Waals surface area (Å²) in [6, 6.07) is 13.2. The van der Waals surface area contributed by atoms with E-state index >= 15 is 0 Å². The summed E-state index contributed by atoms with van der Waals surface area (Å²) in [6.07, 6.45) is 1.50. The van der Waals surface area contributed by atoms with Gasteiger partial charge in [0.05, 0.1) is 11.1 Å². The first-order valence-electron chi connectivity index (χ1n) is 9.00. The molecule has 1 fully saturated rings. The summed E-state index contributed by atoms with van der Waals surface area (Å²) in [5, 5.41) is 7.25. The van der Waals surface area contributed by atoms with Crippen molar-refractivity contribution in [2.75, 3.05) is 12.1 Å². The van der Waals surface area contributed by atoms with Crippen molar-refractivity contribution in [1.29, 1.82) is 0 Å². The predicted octanol–water partition coefficient (Wildman–Crippen LogP) is 4.81. The van der Waals surface area contributed by atoms with E-state index in [1.807, 2.05) is 49.4 Å². The van der Waals surface area contributed by atoms with Gasteiger partial charge in [-0.25, -0.2) is 0 Å². The molecule has 0 spiro atoms. The Kier molecular flexibility index (Phi) is 3.94. The monoisotopic (exact) mass is 440 g/mol. The molecular weight excluding hydrogens is 424 g/mol. The van der Waals surface area contributed by atoms with E-state index in [1.54, 1.807) is 0 Å². The van der Waals surface area contributed by atoms with Gasteiger partial charge in [0.1, 0.15) is 0 Å². The average Bonchev–Trinajstić information content (AvgIpc) is 3.13. The number of nitrogens with zero attached hydrogens (tertiary/aromatic N) is 1. The number of hydrogen-bond acceptors (Lipinski definition) is 5. The highest BCUT2D eigenvalue weighted by Crippen LogP contribution is 2.49. The maximum Gasteiger partial charge on any atom is 0.236 e. The van der Waals surface area contributed by atoms with E-state index in [4.69, 9.17) is 14.0 Å². The summed E-state index contributed by atoms with van der Waals surface area (Å²) in [7, 11) is 0. The molecule has 142 valence electrons. The second kappa shape index (κ2) is 6.38. The molecule has 2 aromatic carbocycles. The third kappa shape index (κ3) is 2.86. The van der Waals surface area contributed by atoms with Crippen molar-refractivity contribution in [1.82, 2.24) is 5.16 Å². The first-order chi connectivity index (χ1) is 13.5. The number of carbonyl (C=O) groups excluding carboxylic acids is 1. The average molecular weight is 441 g/mol. The normalized spacial score (nSPS) is 16.1. The number of aryl methyl sites for hydroxylation is 1. The number of carbonyl (C=O) groups is 1. The summed E-state index contributed by atoms with van der Waals surface area (Å²) < 4.78 is 17.3. The molecule has 5 rings (SSSR count). The molecule has 1 N–H and O–H groups in total. The Morgan fingerprint density at radius 2 is 1.93 bits per heavy atom. The Hall–Kier alpha value is -2.80. The quantitative estimate of drug-likeness (QED) is 0.629. The van der Waals surface area contributed by atoms with Crippen LogP contribution in [0, 0.1) is 6.92 Å². The molecule has 1 aliphatic heterocycles. The largest absolute Gasteiger partial charge is 0.454 e. The van der Waals surface area contributed by atoms with Crippen LogP contribution in [0.15, 0.2) is 51.5 Å². The van der Waals surface area contributed by atoms with E-state index in [1.165, 1.54) is 0 Å². The number of aromatic nitrogens is 1. The topological polar surface area (TPSA) is 73.6 Å². The first kappa shape index (κ1) is 17.3. The lowest BCUT2D eigenvalue weighted by Gasteiger charge is -2.14. The second-order valence-corrected chi connectivity index (χ2v) is 8.06. The zero-order chi connectivity index (χ0) is 19.3. The Labute approximate surface area is 169 Å². The molecule has 0 unspecified atom stereocenters. The van der Waals surface area contributed by atoms with E-state index in [9.17, 15) is 4.79 Å². The van der Waals surface area contributed by atoms with Crippen LogP contribution in [0.25, 0.3) is 11.3 Å². The number of ether oxygens (including phenoxy) is 2. The van der Waals surface area contributed by atoms with Crippen molar-refractivity contribution in [2.45, 2.75) is 25.2 Å². The van der Waals surface area contributed by atoms with Crippen LogP contribution in [0.2, 0.25) is 0 Å². The number of hydrogen-bond donors (Lipinski definition) is 1. The van der Waals surface area contributed by atoms with Crippen molar-refractivity contribution in [3.63, 3.8) is 0 Å². The van der Waals surface area contributed by atoms with Crippen molar-refractivity contribution in [3.05, 3.63) is 58.2 Å². The van der Waals surface area contributed by atoms with Crippen molar-refractivity contribution < 1.29 is 18.8 Å². The number of fused-ring (bicyclic) bond motifs is 1. The number of amides is 1. The maximum absolute atomic E-state index is 13.0. The molecule has 0 bridgehead atoms. The number of nitrogens with one attached hydrogen (secondary N) is 1. The van der Waals surface area contributed by atoms with Gasteiger partial charge in [-0.15, -0.1) is 0 Å². The SMILES string of the molecule is Cc1cc(Br)ccc1NC(=O)C1(c2cc(-c3ccc4c(c3)OCO4)on2)CC1. The highest BCUT2D eigenvalue weighted by molar-refractivity contribution is 9.10. The molecule has 1 aromatic heterocycles. The van der Waals surface area contributed by atoms with Gasteiger partial charge in [-0.2, -0.15) is 0 Å². The molecule has 1 aliphatic carbocycles. The van der Waals surface area contributed by atoms with Crippen molar-refractivity contribution in [2.24, 2.45) is 0 Å². The van der Waals surface area contributed by atoms with Gasteiger partial charge in [0.15, 0.2) is 17.3 Å². The lowest BCUT2D eigenvalue weighted by Crippen LogP contribution is -2.28. The Balaban J connectivity index is 1.39. The summed E-state index contributed by atoms with van der Waals surface area (Å²) in [4.78, 5) is 13.0. The van der Waals surface area contributed by atoms with Gasteiger partial charge in [0, 0.05) is 21.8 Å². The molecule has 1 amide bonds. The molecule has 2 aliphatic rings. The highest BCUT2D eigenvalue weighted by Gasteiger charge is 2.54. The molecule has 2 heterocycles. The molecule has 3 aromatic rings. The Morgan fingerprint density at radius 1 is 1.11 bits per heavy atom. The smallest absolute Gasteiger partial charge is 0.236 e. The Morgan fingerprint density at radius 3 is 2.71 bits per heavy atom. The molecule has 1 saturated carbocycles. The number of anilines is 1. The zero-order valence-corrected chi connectivity index (χ0v) is 16.7.